The predicted octanol–water partition coefficient (Wildman–Crippen LogP) is 4.78. The number of phenolic OH excluding ortho intramolecular Hbond substituents is 1. The van der Waals surface area contributed by atoms with Crippen molar-refractivity contribution in [2.24, 2.45) is 0 Å². The zero-order valence-corrected chi connectivity index (χ0v) is 11.6. The number of rotatable bonds is 4. The maximum Gasteiger partial charge on any atom is 0.134 e. The van der Waals surface area contributed by atoms with Crippen molar-refractivity contribution in [3.8, 4) is 17.2 Å². The van der Waals surface area contributed by atoms with Gasteiger partial charge in [0.2, 0.25) is 0 Å². The van der Waals surface area contributed by atoms with Crippen molar-refractivity contribution >= 4 is 0 Å². The first kappa shape index (κ1) is 13.3. The van der Waals surface area contributed by atoms with Crippen molar-refractivity contribution in [1.82, 2.24) is 0 Å². The van der Waals surface area contributed by atoms with Gasteiger partial charge in [0.25, 0.3) is 0 Å². The lowest BCUT2D eigenvalue weighted by molar-refractivity contribution is 0.445. The molecule has 0 aliphatic heterocycles. The van der Waals surface area contributed by atoms with E-state index in [0.717, 1.165) is 16.9 Å². The average molecular weight is 276 g/mol. The normalized spacial score (nSPS) is 10.3. The first-order chi connectivity index (χ1) is 10.3. The topological polar surface area (TPSA) is 29.5 Å². The van der Waals surface area contributed by atoms with E-state index in [2.05, 4.69) is 0 Å². The highest BCUT2D eigenvalue weighted by molar-refractivity contribution is 5.48. The van der Waals surface area contributed by atoms with Gasteiger partial charge in [-0.05, 0) is 29.8 Å². The minimum absolute atomic E-state index is 0.257. The summed E-state index contributed by atoms with van der Waals surface area (Å²) in [5.41, 5.74) is 1.93. The highest BCUT2D eigenvalue weighted by Gasteiger charge is 2.10. The summed E-state index contributed by atoms with van der Waals surface area (Å²) < 4.78 is 5.90. The van der Waals surface area contributed by atoms with E-state index in [1.54, 1.807) is 12.1 Å². The Kier molecular flexibility index (Phi) is 3.88. The van der Waals surface area contributed by atoms with Crippen molar-refractivity contribution in [2.75, 3.05) is 0 Å². The van der Waals surface area contributed by atoms with Gasteiger partial charge in [0.1, 0.15) is 17.2 Å². The van der Waals surface area contributed by atoms with Crippen LogP contribution in [0.4, 0.5) is 0 Å². The Morgan fingerprint density at radius 1 is 0.714 bits per heavy atom. The van der Waals surface area contributed by atoms with E-state index in [9.17, 15) is 5.11 Å². The molecule has 0 radical (unpaired) electrons. The van der Waals surface area contributed by atoms with Crippen LogP contribution in [0.15, 0.2) is 78.9 Å². The van der Waals surface area contributed by atoms with E-state index in [1.165, 1.54) is 0 Å². The van der Waals surface area contributed by atoms with Crippen LogP contribution in [0.5, 0.6) is 17.2 Å². The third kappa shape index (κ3) is 3.23. The number of hydrogen-bond donors (Lipinski definition) is 1. The number of aromatic hydroxyl groups is 1. The lowest BCUT2D eigenvalue weighted by Gasteiger charge is -2.12. The number of benzene rings is 3. The van der Waals surface area contributed by atoms with E-state index in [-0.39, 0.29) is 5.75 Å². The zero-order chi connectivity index (χ0) is 14.5. The molecule has 1 N–H and O–H groups in total. The second-order valence-corrected chi connectivity index (χ2v) is 4.83. The molecule has 0 saturated carbocycles. The standard InChI is InChI=1S/C19H16O2/c20-18-12-7-13-19(21-16-10-5-2-6-11-16)17(18)14-15-8-3-1-4-9-15/h1-13,20H,14H2. The second kappa shape index (κ2) is 6.14. The molecule has 3 rings (SSSR count). The molecular weight excluding hydrogens is 260 g/mol. The van der Waals surface area contributed by atoms with Crippen molar-refractivity contribution in [3.05, 3.63) is 90.0 Å². The fourth-order valence-electron chi connectivity index (χ4n) is 2.24. The molecule has 3 aromatic rings. The molecular formula is C19H16O2. The summed E-state index contributed by atoms with van der Waals surface area (Å²) in [5.74, 6) is 1.70. The van der Waals surface area contributed by atoms with Gasteiger partial charge in [-0.2, -0.15) is 0 Å². The van der Waals surface area contributed by atoms with Gasteiger partial charge >= 0.3 is 0 Å². The van der Waals surface area contributed by atoms with E-state index >= 15 is 0 Å². The van der Waals surface area contributed by atoms with Gasteiger partial charge in [-0.1, -0.05) is 54.6 Å². The van der Waals surface area contributed by atoms with E-state index < -0.39 is 0 Å². The van der Waals surface area contributed by atoms with Crippen LogP contribution in [0, 0.1) is 0 Å². The fourth-order valence-corrected chi connectivity index (χ4v) is 2.24. The third-order valence-electron chi connectivity index (χ3n) is 3.30. The molecule has 0 saturated heterocycles. The smallest absolute Gasteiger partial charge is 0.134 e. The van der Waals surface area contributed by atoms with Crippen molar-refractivity contribution < 1.29 is 9.84 Å². The Balaban J connectivity index is 1.92. The Morgan fingerprint density at radius 2 is 1.38 bits per heavy atom. The van der Waals surface area contributed by atoms with E-state index in [0.29, 0.717) is 12.2 Å². The largest absolute Gasteiger partial charge is 0.508 e. The molecule has 21 heavy (non-hydrogen) atoms. The van der Waals surface area contributed by atoms with Crippen LogP contribution in [-0.4, -0.2) is 5.11 Å². The van der Waals surface area contributed by atoms with E-state index in [1.807, 2.05) is 66.7 Å². The van der Waals surface area contributed by atoms with E-state index in [4.69, 9.17) is 4.74 Å². The van der Waals surface area contributed by atoms with Crippen molar-refractivity contribution in [2.45, 2.75) is 6.42 Å². The van der Waals surface area contributed by atoms with Gasteiger partial charge in [0, 0.05) is 12.0 Å². The van der Waals surface area contributed by atoms with Gasteiger partial charge in [-0.25, -0.2) is 0 Å². The number of phenols is 1. The lowest BCUT2D eigenvalue weighted by Crippen LogP contribution is -1.94. The van der Waals surface area contributed by atoms with Crippen molar-refractivity contribution in [1.29, 1.82) is 0 Å². The van der Waals surface area contributed by atoms with Crippen LogP contribution in [0.3, 0.4) is 0 Å². The summed E-state index contributed by atoms with van der Waals surface area (Å²) >= 11 is 0. The third-order valence-corrected chi connectivity index (χ3v) is 3.30. The van der Waals surface area contributed by atoms with Crippen LogP contribution in [0.2, 0.25) is 0 Å². The molecule has 0 aliphatic rings. The molecule has 0 amide bonds. The molecule has 0 aromatic heterocycles. The van der Waals surface area contributed by atoms with Crippen LogP contribution < -0.4 is 4.74 Å². The first-order valence-corrected chi connectivity index (χ1v) is 6.90. The molecule has 0 heterocycles. The fraction of sp³-hybridized carbons (Fsp3) is 0.0526. The molecule has 2 heteroatoms. The summed E-state index contributed by atoms with van der Waals surface area (Å²) in [6.07, 6.45) is 0.635. The first-order valence-electron chi connectivity index (χ1n) is 6.90. The summed E-state index contributed by atoms with van der Waals surface area (Å²) in [4.78, 5) is 0. The maximum atomic E-state index is 10.2. The van der Waals surface area contributed by atoms with Gasteiger partial charge in [-0.15, -0.1) is 0 Å². The molecule has 0 spiro atoms. The lowest BCUT2D eigenvalue weighted by atomic mass is 10.0. The quantitative estimate of drug-likeness (QED) is 0.743. The Morgan fingerprint density at radius 3 is 2.10 bits per heavy atom. The maximum absolute atomic E-state index is 10.2. The summed E-state index contributed by atoms with van der Waals surface area (Å²) in [6, 6.07) is 25.0. The molecule has 0 bridgehead atoms. The highest BCUT2D eigenvalue weighted by Crippen LogP contribution is 2.33. The SMILES string of the molecule is Oc1cccc(Oc2ccccc2)c1Cc1ccccc1. The number of hydrogen-bond acceptors (Lipinski definition) is 2. The van der Waals surface area contributed by atoms with Gasteiger partial charge in [-0.3, -0.25) is 0 Å². The van der Waals surface area contributed by atoms with Gasteiger partial charge in [0.05, 0.1) is 0 Å². The van der Waals surface area contributed by atoms with Crippen LogP contribution in [-0.2, 0) is 6.42 Å². The molecule has 3 aromatic carbocycles. The number of para-hydroxylation sites is 1. The Hall–Kier alpha value is -2.74. The minimum Gasteiger partial charge on any atom is -0.508 e. The summed E-state index contributed by atoms with van der Waals surface area (Å²) in [7, 11) is 0. The minimum atomic E-state index is 0.257. The average Bonchev–Trinajstić information content (AvgIpc) is 2.53. The zero-order valence-electron chi connectivity index (χ0n) is 11.6. The Bertz CT molecular complexity index is 706. The van der Waals surface area contributed by atoms with Crippen LogP contribution >= 0.6 is 0 Å². The molecule has 0 fully saturated rings. The molecule has 2 nitrogen and oxygen atoms in total. The second-order valence-electron chi connectivity index (χ2n) is 4.83. The summed E-state index contributed by atoms with van der Waals surface area (Å²) in [6.45, 7) is 0. The van der Waals surface area contributed by atoms with Crippen LogP contribution in [0.25, 0.3) is 0 Å². The Labute approximate surface area is 124 Å². The number of ether oxygens (including phenoxy) is 1. The molecule has 104 valence electrons. The van der Waals surface area contributed by atoms with Gasteiger partial charge < -0.3 is 9.84 Å². The van der Waals surface area contributed by atoms with Gasteiger partial charge in [0.15, 0.2) is 0 Å². The predicted molar refractivity (Wildman–Crippen MR) is 83.9 cm³/mol. The van der Waals surface area contributed by atoms with Crippen molar-refractivity contribution in [3.63, 3.8) is 0 Å². The van der Waals surface area contributed by atoms with Crippen LogP contribution in [0.1, 0.15) is 11.1 Å². The monoisotopic (exact) mass is 276 g/mol. The molecule has 0 atom stereocenters. The highest BCUT2D eigenvalue weighted by atomic mass is 16.5. The summed E-state index contributed by atoms with van der Waals surface area (Å²) in [5, 5.41) is 10.2. The molecule has 0 aliphatic carbocycles. The molecule has 0 unspecified atom stereocenters.